The summed E-state index contributed by atoms with van der Waals surface area (Å²) in [5.41, 5.74) is 8.72. The Hall–Kier alpha value is -4.56. The Morgan fingerprint density at radius 3 is 2.52 bits per heavy atom. The summed E-state index contributed by atoms with van der Waals surface area (Å²) < 4.78 is 3.31. The molecule has 1 saturated carbocycles. The topological polar surface area (TPSA) is 107 Å². The molecule has 1 atom stereocenters. The van der Waals surface area contributed by atoms with Gasteiger partial charge in [0, 0.05) is 30.7 Å². The maximum atomic E-state index is 13.7. The minimum Gasteiger partial charge on any atom is -0.382 e. The van der Waals surface area contributed by atoms with E-state index in [1.54, 1.807) is 7.05 Å². The highest BCUT2D eigenvalue weighted by Crippen LogP contribution is 2.27. The van der Waals surface area contributed by atoms with Gasteiger partial charge in [0.05, 0.1) is 5.39 Å². The first kappa shape index (κ1) is 30.4. The third-order valence-electron chi connectivity index (χ3n) is 7.70. The Morgan fingerprint density at radius 1 is 1.12 bits per heavy atom. The first-order valence-electron chi connectivity index (χ1n) is 14.4. The molecule has 2 heterocycles. The molecule has 0 bridgehead atoms. The smallest absolute Gasteiger partial charge is 0.263 e. The molecule has 0 amide bonds. The van der Waals surface area contributed by atoms with Crippen LogP contribution in [0.4, 0.5) is 11.6 Å². The number of pyridine rings is 1. The van der Waals surface area contributed by atoms with E-state index < -0.39 is 0 Å². The van der Waals surface area contributed by atoms with Crippen LogP contribution in [0.3, 0.4) is 0 Å². The summed E-state index contributed by atoms with van der Waals surface area (Å²) in [6.45, 7) is 5.56. The molecule has 2 aromatic carbocycles. The zero-order valence-corrected chi connectivity index (χ0v) is 24.7. The Balaban J connectivity index is 0.000000262. The van der Waals surface area contributed by atoms with Crippen molar-refractivity contribution in [2.24, 2.45) is 18.0 Å². The Bertz CT molecular complexity index is 1640. The molecule has 42 heavy (non-hydrogen) atoms. The highest BCUT2D eigenvalue weighted by molar-refractivity contribution is 5.91. The van der Waals surface area contributed by atoms with Crippen molar-refractivity contribution in [3.63, 3.8) is 0 Å². The van der Waals surface area contributed by atoms with Gasteiger partial charge in [-0.1, -0.05) is 80.5 Å². The van der Waals surface area contributed by atoms with Crippen LogP contribution in [0, 0.1) is 5.92 Å². The number of allylic oxidation sites excluding steroid dienone is 2. The lowest BCUT2D eigenvalue weighted by Crippen LogP contribution is -2.27. The molecule has 0 radical (unpaired) electrons. The molecule has 0 saturated heterocycles. The number of hydrogen-bond acceptors (Lipinski definition) is 6. The maximum Gasteiger partial charge on any atom is 0.263 e. The number of rotatable bonds is 8. The van der Waals surface area contributed by atoms with E-state index in [1.807, 2.05) is 41.9 Å². The lowest BCUT2D eigenvalue weighted by Gasteiger charge is -2.20. The van der Waals surface area contributed by atoms with Crippen molar-refractivity contribution in [2.75, 3.05) is 12.8 Å². The van der Waals surface area contributed by atoms with E-state index in [0.717, 1.165) is 27.7 Å². The van der Waals surface area contributed by atoms with Crippen molar-refractivity contribution >= 4 is 41.0 Å². The van der Waals surface area contributed by atoms with Gasteiger partial charge in [-0.15, -0.1) is 0 Å². The standard InChI is InChI=1S/C26H30N2O.C8H10N4O/c1-19(27-2)24-18-22-13-9-12-21(17-16-20-10-5-3-6-11-20)25(22)26(29)28(24)23-14-7-4-8-15-23;1-3-4-10-8-6(5-13)7(9)11-12(8)2/h4,7-9,12-20,27H,3,5-6,10-11H2,1-2H3;3-5H,1H2,2H3,(H2,9,11)/b17-16+;10-4-. The summed E-state index contributed by atoms with van der Waals surface area (Å²) in [6, 6.07) is 18.3. The van der Waals surface area contributed by atoms with Gasteiger partial charge < -0.3 is 11.1 Å². The third-order valence-corrected chi connectivity index (χ3v) is 7.70. The number of fused-ring (bicyclic) bond motifs is 1. The molecule has 4 aromatic rings. The van der Waals surface area contributed by atoms with E-state index >= 15 is 0 Å². The first-order chi connectivity index (χ1) is 20.4. The molecule has 218 valence electrons. The minimum atomic E-state index is 0.0506. The summed E-state index contributed by atoms with van der Waals surface area (Å²) in [5, 5.41) is 8.95. The van der Waals surface area contributed by atoms with Gasteiger partial charge in [-0.05, 0) is 61.9 Å². The molecule has 2 aromatic heterocycles. The predicted octanol–water partition coefficient (Wildman–Crippen LogP) is 6.57. The monoisotopic (exact) mass is 564 g/mol. The van der Waals surface area contributed by atoms with E-state index in [9.17, 15) is 9.59 Å². The SMILES string of the molecule is C=C/C=N\c1c(C=O)c(N)nn1C.CNC(C)c1cc2cccc(/C=C/C3CCCCC3)c2c(=O)n1-c1ccccc1. The van der Waals surface area contributed by atoms with Crippen LogP contribution in [0.2, 0.25) is 0 Å². The fraction of sp³-hybridized carbons (Fsp3) is 0.294. The molecule has 3 N–H and O–H groups in total. The Morgan fingerprint density at radius 2 is 1.86 bits per heavy atom. The van der Waals surface area contributed by atoms with E-state index in [-0.39, 0.29) is 17.4 Å². The normalized spacial score (nSPS) is 14.6. The third kappa shape index (κ3) is 6.83. The summed E-state index contributed by atoms with van der Waals surface area (Å²) >= 11 is 0. The van der Waals surface area contributed by atoms with Crippen LogP contribution in [0.5, 0.6) is 0 Å². The summed E-state index contributed by atoms with van der Waals surface area (Å²) in [6.07, 6.45) is 14.6. The number of aryl methyl sites for hydroxylation is 1. The van der Waals surface area contributed by atoms with Gasteiger partial charge in [0.25, 0.3) is 5.56 Å². The van der Waals surface area contributed by atoms with Crippen molar-refractivity contribution in [2.45, 2.75) is 45.1 Å². The summed E-state index contributed by atoms with van der Waals surface area (Å²) in [5.74, 6) is 1.26. The number of hydrogen-bond donors (Lipinski definition) is 2. The van der Waals surface area contributed by atoms with Gasteiger partial charge in [-0.25, -0.2) is 9.67 Å². The van der Waals surface area contributed by atoms with Crippen LogP contribution < -0.4 is 16.6 Å². The van der Waals surface area contributed by atoms with Gasteiger partial charge in [0.2, 0.25) is 0 Å². The summed E-state index contributed by atoms with van der Waals surface area (Å²) in [7, 11) is 3.59. The lowest BCUT2D eigenvalue weighted by atomic mass is 9.88. The van der Waals surface area contributed by atoms with Crippen molar-refractivity contribution in [3.8, 4) is 5.69 Å². The van der Waals surface area contributed by atoms with Crippen molar-refractivity contribution in [1.82, 2.24) is 19.7 Å². The Labute approximate surface area is 247 Å². The van der Waals surface area contributed by atoms with Gasteiger partial charge in [0.15, 0.2) is 17.9 Å². The number of carbonyl (C=O) groups excluding carboxylic acids is 1. The quantitative estimate of drug-likeness (QED) is 0.186. The molecule has 1 unspecified atom stereocenters. The van der Waals surface area contributed by atoms with E-state index in [2.05, 4.69) is 65.3 Å². The van der Waals surface area contributed by atoms with E-state index in [1.165, 1.54) is 49.1 Å². The lowest BCUT2D eigenvalue weighted by molar-refractivity contribution is 0.112. The second-order valence-electron chi connectivity index (χ2n) is 10.5. The number of aldehydes is 1. The average molecular weight is 565 g/mol. The van der Waals surface area contributed by atoms with Gasteiger partial charge in [-0.2, -0.15) is 5.10 Å². The van der Waals surface area contributed by atoms with Crippen LogP contribution in [-0.2, 0) is 7.05 Å². The van der Waals surface area contributed by atoms with Crippen LogP contribution in [0.15, 0.2) is 83.1 Å². The number of nitrogens with two attached hydrogens (primary N) is 1. The number of aromatic nitrogens is 3. The van der Waals surface area contributed by atoms with Crippen molar-refractivity contribution in [1.29, 1.82) is 0 Å². The summed E-state index contributed by atoms with van der Waals surface area (Å²) in [4.78, 5) is 28.3. The van der Waals surface area contributed by atoms with Crippen LogP contribution in [-0.4, -0.2) is 33.9 Å². The second kappa shape index (κ2) is 14.4. The fourth-order valence-corrected chi connectivity index (χ4v) is 5.37. The average Bonchev–Trinajstić information content (AvgIpc) is 3.30. The number of carbonyl (C=O) groups is 1. The minimum absolute atomic E-state index is 0.0506. The van der Waals surface area contributed by atoms with Gasteiger partial charge >= 0.3 is 0 Å². The largest absolute Gasteiger partial charge is 0.382 e. The number of nitrogen functional groups attached to an aromatic ring is 1. The molecular weight excluding hydrogens is 524 g/mol. The first-order valence-corrected chi connectivity index (χ1v) is 14.4. The van der Waals surface area contributed by atoms with E-state index in [4.69, 9.17) is 5.73 Å². The van der Waals surface area contributed by atoms with E-state index in [0.29, 0.717) is 23.6 Å². The second-order valence-corrected chi connectivity index (χ2v) is 10.5. The zero-order chi connectivity index (χ0) is 30.1. The number of nitrogens with one attached hydrogen (secondary N) is 1. The molecular formula is C34H40N6O2. The zero-order valence-electron chi connectivity index (χ0n) is 24.7. The number of aliphatic imine (C=N–C) groups is 1. The molecule has 8 nitrogen and oxygen atoms in total. The van der Waals surface area contributed by atoms with Crippen LogP contribution in [0.25, 0.3) is 22.5 Å². The number of para-hydroxylation sites is 1. The molecule has 5 rings (SSSR count). The maximum absolute atomic E-state index is 13.7. The van der Waals surface area contributed by atoms with Crippen molar-refractivity contribution in [3.05, 3.63) is 101 Å². The highest BCUT2D eigenvalue weighted by atomic mass is 16.1. The number of anilines is 1. The Kier molecular flexibility index (Phi) is 10.4. The molecule has 0 aliphatic heterocycles. The number of nitrogens with zero attached hydrogens (tertiary/aromatic N) is 4. The predicted molar refractivity (Wildman–Crippen MR) is 174 cm³/mol. The van der Waals surface area contributed by atoms with Gasteiger partial charge in [0.1, 0.15) is 5.56 Å². The highest BCUT2D eigenvalue weighted by Gasteiger charge is 2.17. The van der Waals surface area contributed by atoms with Crippen LogP contribution in [0.1, 0.15) is 66.7 Å². The molecule has 1 aliphatic rings. The molecule has 1 aliphatic carbocycles. The molecule has 1 fully saturated rings. The van der Waals surface area contributed by atoms with Crippen molar-refractivity contribution < 1.29 is 4.79 Å². The fourth-order valence-electron chi connectivity index (χ4n) is 5.37. The molecule has 0 spiro atoms. The van der Waals surface area contributed by atoms with Crippen LogP contribution >= 0.6 is 0 Å². The number of benzene rings is 2. The van der Waals surface area contributed by atoms with Gasteiger partial charge in [-0.3, -0.25) is 14.2 Å². The molecule has 8 heteroatoms.